The molecule has 90 valence electrons. The third-order valence-electron chi connectivity index (χ3n) is 2.18. The fourth-order valence-corrected chi connectivity index (χ4v) is 1.34. The summed E-state index contributed by atoms with van der Waals surface area (Å²) < 4.78 is 4.92. The van der Waals surface area contributed by atoms with Crippen molar-refractivity contribution < 1.29 is 4.74 Å². The van der Waals surface area contributed by atoms with Gasteiger partial charge in [-0.1, -0.05) is 24.3 Å². The van der Waals surface area contributed by atoms with Crippen molar-refractivity contribution in [3.8, 4) is 5.75 Å². The maximum absolute atomic E-state index is 5.51. The van der Waals surface area contributed by atoms with E-state index in [-0.39, 0.29) is 0 Å². The number of nitrogens with two attached hydrogens (primary N) is 2. The number of aryl methyl sites for hydroxylation is 1. The first-order valence-electron chi connectivity index (χ1n) is 5.34. The monoisotopic (exact) mass is 230 g/mol. The van der Waals surface area contributed by atoms with Crippen molar-refractivity contribution in [3.63, 3.8) is 0 Å². The molecule has 3 nitrogen and oxygen atoms in total. The van der Waals surface area contributed by atoms with Gasteiger partial charge in [-0.25, -0.2) is 0 Å². The SMILES string of the molecule is COc1ccccc1N.Cc1cccc(N)c1. The van der Waals surface area contributed by atoms with E-state index in [4.69, 9.17) is 16.2 Å². The lowest BCUT2D eigenvalue weighted by molar-refractivity contribution is 0.417. The van der Waals surface area contributed by atoms with Crippen LogP contribution in [0, 0.1) is 6.92 Å². The average Bonchev–Trinajstić information content (AvgIpc) is 2.30. The largest absolute Gasteiger partial charge is 0.495 e. The second-order valence-corrected chi connectivity index (χ2v) is 3.66. The van der Waals surface area contributed by atoms with Gasteiger partial charge in [-0.15, -0.1) is 0 Å². The summed E-state index contributed by atoms with van der Waals surface area (Å²) in [5, 5.41) is 0. The predicted octanol–water partition coefficient (Wildman–Crippen LogP) is 2.85. The molecule has 0 bridgehead atoms. The van der Waals surface area contributed by atoms with Gasteiger partial charge >= 0.3 is 0 Å². The molecule has 3 heteroatoms. The van der Waals surface area contributed by atoms with Crippen LogP contribution in [0.4, 0.5) is 11.4 Å². The number of hydrogen-bond acceptors (Lipinski definition) is 3. The Balaban J connectivity index is 0.000000171. The van der Waals surface area contributed by atoms with Gasteiger partial charge in [0, 0.05) is 5.69 Å². The maximum atomic E-state index is 5.51. The van der Waals surface area contributed by atoms with Gasteiger partial charge in [-0.05, 0) is 36.8 Å². The summed E-state index contributed by atoms with van der Waals surface area (Å²) in [6.45, 7) is 2.02. The van der Waals surface area contributed by atoms with Gasteiger partial charge in [0.05, 0.1) is 12.8 Å². The summed E-state index contributed by atoms with van der Waals surface area (Å²) in [5.41, 5.74) is 13.7. The highest BCUT2D eigenvalue weighted by Crippen LogP contribution is 2.18. The second-order valence-electron chi connectivity index (χ2n) is 3.66. The Labute approximate surface area is 102 Å². The third-order valence-corrected chi connectivity index (χ3v) is 2.18. The molecule has 0 unspecified atom stereocenters. The van der Waals surface area contributed by atoms with E-state index in [0.717, 1.165) is 11.4 Å². The minimum Gasteiger partial charge on any atom is -0.495 e. The van der Waals surface area contributed by atoms with E-state index in [1.807, 2.05) is 49.4 Å². The summed E-state index contributed by atoms with van der Waals surface area (Å²) in [6, 6.07) is 15.2. The molecular weight excluding hydrogens is 212 g/mol. The molecule has 0 radical (unpaired) electrons. The van der Waals surface area contributed by atoms with Crippen LogP contribution in [-0.4, -0.2) is 7.11 Å². The smallest absolute Gasteiger partial charge is 0.141 e. The summed E-state index contributed by atoms with van der Waals surface area (Å²) in [5.74, 6) is 0.734. The zero-order valence-electron chi connectivity index (χ0n) is 10.2. The Morgan fingerprint density at radius 1 is 0.941 bits per heavy atom. The summed E-state index contributed by atoms with van der Waals surface area (Å²) in [4.78, 5) is 0. The molecule has 0 atom stereocenters. The molecule has 17 heavy (non-hydrogen) atoms. The first-order chi connectivity index (χ1) is 8.13. The second kappa shape index (κ2) is 6.43. The Kier molecular flexibility index (Phi) is 4.88. The van der Waals surface area contributed by atoms with Gasteiger partial charge < -0.3 is 16.2 Å². The molecule has 0 amide bonds. The molecule has 0 saturated heterocycles. The zero-order valence-corrected chi connectivity index (χ0v) is 10.2. The van der Waals surface area contributed by atoms with Crippen LogP contribution < -0.4 is 16.2 Å². The third kappa shape index (κ3) is 4.47. The highest BCUT2D eigenvalue weighted by Gasteiger charge is 1.91. The van der Waals surface area contributed by atoms with E-state index in [9.17, 15) is 0 Å². The first-order valence-corrected chi connectivity index (χ1v) is 5.34. The number of nitrogen functional groups attached to an aromatic ring is 2. The molecule has 0 aliphatic rings. The van der Waals surface area contributed by atoms with Crippen molar-refractivity contribution in [2.45, 2.75) is 6.92 Å². The molecule has 0 fully saturated rings. The number of benzene rings is 2. The van der Waals surface area contributed by atoms with Crippen molar-refractivity contribution >= 4 is 11.4 Å². The van der Waals surface area contributed by atoms with Gasteiger partial charge in [-0.2, -0.15) is 0 Å². The number of para-hydroxylation sites is 2. The van der Waals surface area contributed by atoms with Crippen molar-refractivity contribution in [1.29, 1.82) is 0 Å². The van der Waals surface area contributed by atoms with E-state index in [1.54, 1.807) is 13.2 Å². The minimum atomic E-state index is 0.681. The molecular formula is C14H18N2O. The number of hydrogen-bond donors (Lipinski definition) is 2. The molecule has 0 heterocycles. The number of anilines is 2. The topological polar surface area (TPSA) is 61.3 Å². The Hall–Kier alpha value is -2.16. The first kappa shape index (κ1) is 12.9. The van der Waals surface area contributed by atoms with Crippen molar-refractivity contribution in [2.24, 2.45) is 0 Å². The molecule has 0 aromatic heterocycles. The Bertz CT molecular complexity index is 452. The molecule has 2 aromatic carbocycles. The maximum Gasteiger partial charge on any atom is 0.141 e. The van der Waals surface area contributed by atoms with Crippen LogP contribution in [-0.2, 0) is 0 Å². The van der Waals surface area contributed by atoms with Crippen LogP contribution in [0.15, 0.2) is 48.5 Å². The normalized spacial score (nSPS) is 9.06. The van der Waals surface area contributed by atoms with E-state index < -0.39 is 0 Å². The highest BCUT2D eigenvalue weighted by molar-refractivity contribution is 5.51. The summed E-state index contributed by atoms with van der Waals surface area (Å²) >= 11 is 0. The molecule has 2 aromatic rings. The number of methoxy groups -OCH3 is 1. The van der Waals surface area contributed by atoms with Crippen molar-refractivity contribution in [3.05, 3.63) is 54.1 Å². The molecule has 2 rings (SSSR count). The summed E-state index contributed by atoms with van der Waals surface area (Å²) in [6.07, 6.45) is 0. The molecule has 0 aliphatic heterocycles. The zero-order chi connectivity index (χ0) is 12.7. The Morgan fingerprint density at radius 2 is 1.65 bits per heavy atom. The highest BCUT2D eigenvalue weighted by atomic mass is 16.5. The van der Waals surface area contributed by atoms with Gasteiger partial charge in [0.25, 0.3) is 0 Å². The molecule has 0 spiro atoms. The van der Waals surface area contributed by atoms with Crippen molar-refractivity contribution in [2.75, 3.05) is 18.6 Å². The van der Waals surface area contributed by atoms with Gasteiger partial charge in [-0.3, -0.25) is 0 Å². The minimum absolute atomic E-state index is 0.681. The average molecular weight is 230 g/mol. The lowest BCUT2D eigenvalue weighted by Gasteiger charge is -2.00. The van der Waals surface area contributed by atoms with Crippen molar-refractivity contribution in [1.82, 2.24) is 0 Å². The van der Waals surface area contributed by atoms with Gasteiger partial charge in [0.1, 0.15) is 5.75 Å². The van der Waals surface area contributed by atoms with Crippen LogP contribution in [0.5, 0.6) is 5.75 Å². The van der Waals surface area contributed by atoms with E-state index in [0.29, 0.717) is 5.69 Å². The van der Waals surface area contributed by atoms with Crippen LogP contribution >= 0.6 is 0 Å². The molecule has 0 saturated carbocycles. The Morgan fingerprint density at radius 3 is 2.06 bits per heavy atom. The standard InChI is InChI=1S/C7H9NO.C7H9N/c1-9-7-5-3-2-4-6(7)8;1-6-3-2-4-7(8)5-6/h2-5H,8H2,1H3;2-5H,8H2,1H3. The summed E-state index contributed by atoms with van der Waals surface area (Å²) in [7, 11) is 1.60. The number of rotatable bonds is 1. The fourth-order valence-electron chi connectivity index (χ4n) is 1.34. The lowest BCUT2D eigenvalue weighted by atomic mass is 10.2. The lowest BCUT2D eigenvalue weighted by Crippen LogP contribution is -1.89. The predicted molar refractivity (Wildman–Crippen MR) is 73.0 cm³/mol. The quantitative estimate of drug-likeness (QED) is 0.740. The van der Waals surface area contributed by atoms with Crippen LogP contribution in [0.1, 0.15) is 5.56 Å². The van der Waals surface area contributed by atoms with E-state index in [1.165, 1.54) is 5.56 Å². The van der Waals surface area contributed by atoms with E-state index >= 15 is 0 Å². The van der Waals surface area contributed by atoms with Gasteiger partial charge in [0.15, 0.2) is 0 Å². The fraction of sp³-hybridized carbons (Fsp3) is 0.143. The molecule has 0 aliphatic carbocycles. The van der Waals surface area contributed by atoms with Crippen LogP contribution in [0.25, 0.3) is 0 Å². The van der Waals surface area contributed by atoms with Crippen LogP contribution in [0.3, 0.4) is 0 Å². The van der Waals surface area contributed by atoms with Gasteiger partial charge in [0.2, 0.25) is 0 Å². The van der Waals surface area contributed by atoms with E-state index in [2.05, 4.69) is 0 Å². The number of ether oxygens (including phenoxy) is 1. The van der Waals surface area contributed by atoms with Crippen LogP contribution in [0.2, 0.25) is 0 Å². The molecule has 4 N–H and O–H groups in total.